The summed E-state index contributed by atoms with van der Waals surface area (Å²) in [6.45, 7) is 1.22. The molecule has 0 unspecified atom stereocenters. The third-order valence-corrected chi connectivity index (χ3v) is 4.02. The van der Waals surface area contributed by atoms with Gasteiger partial charge in [-0.1, -0.05) is 6.07 Å². The number of anilines is 1. The monoisotopic (exact) mass is 399 g/mol. The van der Waals surface area contributed by atoms with E-state index in [1.54, 1.807) is 0 Å². The Morgan fingerprint density at radius 3 is 2.68 bits per heavy atom. The molecule has 3 rings (SSSR count). The highest BCUT2D eigenvalue weighted by Crippen LogP contribution is 2.27. The molecule has 11 heteroatoms. The topological polar surface area (TPSA) is 104 Å². The normalized spacial score (nSPS) is 15.2. The van der Waals surface area contributed by atoms with Gasteiger partial charge in [-0.05, 0) is 42.1 Å². The number of nitrogens with zero attached hydrogens (tertiary/aromatic N) is 2. The molecule has 1 aliphatic heterocycles. The molecule has 0 radical (unpaired) electrons. The lowest BCUT2D eigenvalue weighted by atomic mass is 9.97. The van der Waals surface area contributed by atoms with Crippen LogP contribution in [0.3, 0.4) is 0 Å². The van der Waals surface area contributed by atoms with Crippen molar-refractivity contribution >= 4 is 17.9 Å². The number of benzene rings is 1. The van der Waals surface area contributed by atoms with Crippen LogP contribution in [0.25, 0.3) is 0 Å². The highest BCUT2D eigenvalue weighted by molar-refractivity contribution is 6.03. The van der Waals surface area contributed by atoms with E-state index in [1.807, 2.05) is 0 Å². The maximum atomic E-state index is 12.5. The SMILES string of the molecule is O=C(CC1CCOCC1)Oc1cccc(C(=O)Nc2nc(C(F)(F)F)no2)c1. The second-order valence-corrected chi connectivity index (χ2v) is 6.14. The first-order valence-corrected chi connectivity index (χ1v) is 8.42. The van der Waals surface area contributed by atoms with Gasteiger partial charge in [-0.15, -0.1) is 0 Å². The van der Waals surface area contributed by atoms with E-state index in [9.17, 15) is 22.8 Å². The Balaban J connectivity index is 1.59. The minimum Gasteiger partial charge on any atom is -0.426 e. The molecule has 1 fully saturated rings. The molecule has 0 saturated carbocycles. The van der Waals surface area contributed by atoms with Gasteiger partial charge in [0.2, 0.25) is 0 Å². The van der Waals surface area contributed by atoms with Crippen molar-refractivity contribution in [2.75, 3.05) is 18.5 Å². The summed E-state index contributed by atoms with van der Waals surface area (Å²) < 4.78 is 52.2. The van der Waals surface area contributed by atoms with E-state index >= 15 is 0 Å². The minimum atomic E-state index is -4.79. The van der Waals surface area contributed by atoms with E-state index in [1.165, 1.54) is 24.3 Å². The number of aromatic nitrogens is 2. The van der Waals surface area contributed by atoms with E-state index < -0.39 is 29.9 Å². The van der Waals surface area contributed by atoms with Gasteiger partial charge in [-0.3, -0.25) is 14.9 Å². The van der Waals surface area contributed by atoms with E-state index in [0.717, 1.165) is 12.8 Å². The molecule has 0 aliphatic carbocycles. The average Bonchev–Trinajstić information content (AvgIpc) is 3.11. The van der Waals surface area contributed by atoms with Crippen LogP contribution in [0.1, 0.15) is 35.4 Å². The average molecular weight is 399 g/mol. The number of hydrogen-bond donors (Lipinski definition) is 1. The van der Waals surface area contributed by atoms with E-state index in [2.05, 4.69) is 20.0 Å². The van der Waals surface area contributed by atoms with Crippen molar-refractivity contribution in [1.29, 1.82) is 0 Å². The van der Waals surface area contributed by atoms with Crippen LogP contribution in [0, 0.1) is 5.92 Å². The van der Waals surface area contributed by atoms with Crippen LogP contribution in [0.2, 0.25) is 0 Å². The number of halogens is 3. The summed E-state index contributed by atoms with van der Waals surface area (Å²) in [6, 6.07) is 4.96. The maximum Gasteiger partial charge on any atom is 0.455 e. The quantitative estimate of drug-likeness (QED) is 0.609. The van der Waals surface area contributed by atoms with Crippen LogP contribution in [0.4, 0.5) is 19.2 Å². The molecule has 0 atom stereocenters. The van der Waals surface area contributed by atoms with Crippen LogP contribution in [0.15, 0.2) is 28.8 Å². The molecule has 0 spiro atoms. The molecule has 0 bridgehead atoms. The highest BCUT2D eigenvalue weighted by atomic mass is 19.4. The molecule has 8 nitrogen and oxygen atoms in total. The van der Waals surface area contributed by atoms with Crippen molar-refractivity contribution in [1.82, 2.24) is 10.1 Å². The number of carbonyl (C=O) groups is 2. The van der Waals surface area contributed by atoms with Gasteiger partial charge in [-0.2, -0.15) is 18.2 Å². The van der Waals surface area contributed by atoms with Gasteiger partial charge in [0, 0.05) is 25.2 Å². The molecule has 1 aliphatic rings. The molecule has 150 valence electrons. The molecule has 1 amide bonds. The number of alkyl halides is 3. The highest BCUT2D eigenvalue weighted by Gasteiger charge is 2.37. The molecule has 2 heterocycles. The van der Waals surface area contributed by atoms with Gasteiger partial charge in [0.05, 0.1) is 0 Å². The fourth-order valence-corrected chi connectivity index (χ4v) is 2.62. The summed E-state index contributed by atoms with van der Waals surface area (Å²) in [7, 11) is 0. The van der Waals surface area contributed by atoms with Gasteiger partial charge >= 0.3 is 18.2 Å². The Bertz CT molecular complexity index is 847. The van der Waals surface area contributed by atoms with Gasteiger partial charge < -0.3 is 14.0 Å². The smallest absolute Gasteiger partial charge is 0.426 e. The summed E-state index contributed by atoms with van der Waals surface area (Å²) in [4.78, 5) is 27.3. The number of amides is 1. The molecular weight excluding hydrogens is 383 g/mol. The second-order valence-electron chi connectivity index (χ2n) is 6.14. The standard InChI is InChI=1S/C17H16F3N3O5/c18-17(19,20)15-22-16(28-23-15)21-14(25)11-2-1-3-12(9-11)27-13(24)8-10-4-6-26-7-5-10/h1-3,9-10H,4-8H2,(H,21,22,23,25). The number of esters is 1. The van der Waals surface area contributed by atoms with Gasteiger partial charge in [0.15, 0.2) is 0 Å². The number of carbonyl (C=O) groups excluding carboxylic acids is 2. The molecule has 2 aromatic rings. The Kier molecular flexibility index (Phi) is 5.93. The molecule has 1 saturated heterocycles. The lowest BCUT2D eigenvalue weighted by molar-refractivity contribution is -0.146. The van der Waals surface area contributed by atoms with Gasteiger partial charge in [0.25, 0.3) is 11.7 Å². The number of hydrogen-bond acceptors (Lipinski definition) is 7. The summed E-state index contributed by atoms with van der Waals surface area (Å²) in [5.41, 5.74) is 0.0446. The first-order chi connectivity index (χ1) is 13.3. The first-order valence-electron chi connectivity index (χ1n) is 8.42. The third kappa shape index (κ3) is 5.28. The van der Waals surface area contributed by atoms with Crippen molar-refractivity contribution < 1.29 is 36.8 Å². The summed E-state index contributed by atoms with van der Waals surface area (Å²) in [5, 5.41) is 4.81. The van der Waals surface area contributed by atoms with E-state index in [-0.39, 0.29) is 23.7 Å². The van der Waals surface area contributed by atoms with Crippen LogP contribution in [-0.4, -0.2) is 35.2 Å². The number of nitrogens with one attached hydrogen (secondary N) is 1. The van der Waals surface area contributed by atoms with Crippen molar-refractivity contribution in [3.63, 3.8) is 0 Å². The molecular formula is C17H16F3N3O5. The Morgan fingerprint density at radius 2 is 2.00 bits per heavy atom. The maximum absolute atomic E-state index is 12.5. The Morgan fingerprint density at radius 1 is 1.25 bits per heavy atom. The Labute approximate surface area is 157 Å². The molecule has 1 aromatic carbocycles. The van der Waals surface area contributed by atoms with Crippen LogP contribution in [-0.2, 0) is 15.7 Å². The van der Waals surface area contributed by atoms with Crippen LogP contribution in [0.5, 0.6) is 5.75 Å². The summed E-state index contributed by atoms with van der Waals surface area (Å²) in [5.74, 6) is -2.39. The second kappa shape index (κ2) is 8.38. The molecule has 1 N–H and O–H groups in total. The van der Waals surface area contributed by atoms with Gasteiger partial charge in [0.1, 0.15) is 5.75 Å². The number of ether oxygens (including phenoxy) is 2. The fourth-order valence-electron chi connectivity index (χ4n) is 2.62. The van der Waals surface area contributed by atoms with E-state index in [4.69, 9.17) is 9.47 Å². The van der Waals surface area contributed by atoms with Crippen molar-refractivity contribution in [3.8, 4) is 5.75 Å². The predicted octanol–water partition coefficient (Wildman–Crippen LogP) is 3.06. The lowest BCUT2D eigenvalue weighted by Gasteiger charge is -2.20. The largest absolute Gasteiger partial charge is 0.455 e. The van der Waals surface area contributed by atoms with Crippen molar-refractivity contribution in [2.45, 2.75) is 25.4 Å². The number of rotatable bonds is 5. The first kappa shape index (κ1) is 19.8. The van der Waals surface area contributed by atoms with Crippen molar-refractivity contribution in [3.05, 3.63) is 35.7 Å². The fraction of sp³-hybridized carbons (Fsp3) is 0.412. The van der Waals surface area contributed by atoms with E-state index in [0.29, 0.717) is 13.2 Å². The Hall–Kier alpha value is -2.95. The minimum absolute atomic E-state index is 0.0446. The zero-order valence-corrected chi connectivity index (χ0v) is 14.5. The molecule has 1 aromatic heterocycles. The lowest BCUT2D eigenvalue weighted by Crippen LogP contribution is -2.21. The van der Waals surface area contributed by atoms with Crippen molar-refractivity contribution in [2.24, 2.45) is 5.92 Å². The van der Waals surface area contributed by atoms with Gasteiger partial charge in [-0.25, -0.2) is 0 Å². The summed E-state index contributed by atoms with van der Waals surface area (Å²) >= 11 is 0. The zero-order valence-electron chi connectivity index (χ0n) is 14.5. The van der Waals surface area contributed by atoms with Crippen LogP contribution < -0.4 is 10.1 Å². The third-order valence-electron chi connectivity index (χ3n) is 4.02. The zero-order chi connectivity index (χ0) is 20.1. The summed E-state index contributed by atoms with van der Waals surface area (Å²) in [6.07, 6.45) is -2.99. The van der Waals surface area contributed by atoms with Crippen LogP contribution >= 0.6 is 0 Å². The predicted molar refractivity (Wildman–Crippen MR) is 87.5 cm³/mol. The molecule has 28 heavy (non-hydrogen) atoms.